The minimum Gasteiger partial charge on any atom is -0.310 e. The van der Waals surface area contributed by atoms with Crippen molar-refractivity contribution in [3.8, 4) is 33.4 Å². The Bertz CT molecular complexity index is 2630. The van der Waals surface area contributed by atoms with Gasteiger partial charge in [-0.25, -0.2) is 0 Å². The number of hydrogen-bond acceptors (Lipinski definition) is 1. The maximum absolute atomic E-state index is 2.43. The Hall–Kier alpha value is -6.44. The van der Waals surface area contributed by atoms with Crippen LogP contribution in [0.1, 0.15) is 5.56 Å². The van der Waals surface area contributed by atoms with Crippen LogP contribution in [0.4, 0.5) is 17.1 Å². The molecule has 1 heteroatoms. The second kappa shape index (κ2) is 12.5. The molecule has 0 aliphatic rings. The van der Waals surface area contributed by atoms with Gasteiger partial charge >= 0.3 is 0 Å². The Morgan fingerprint density at radius 3 is 1.50 bits per heavy atom. The summed E-state index contributed by atoms with van der Waals surface area (Å²) >= 11 is 0. The molecule has 0 bridgehead atoms. The molecule has 0 aromatic heterocycles. The van der Waals surface area contributed by atoms with Gasteiger partial charge in [-0.15, -0.1) is 0 Å². The Morgan fingerprint density at radius 1 is 0.320 bits per heavy atom. The summed E-state index contributed by atoms with van der Waals surface area (Å²) in [5, 5.41) is 7.54. The molecule has 9 rings (SSSR count). The molecular formula is C49H35N. The van der Waals surface area contributed by atoms with Crippen molar-refractivity contribution in [3.05, 3.63) is 200 Å². The minimum atomic E-state index is 1.13. The van der Waals surface area contributed by atoms with E-state index in [0.717, 1.165) is 17.1 Å². The number of rotatable bonds is 6. The SMILES string of the molecule is Cc1cccc(N(c2ccccc2)c2ccc3c(c2)c2ccccc2c2c(-c4ccccc4)cc(-c4ccccc4)c(-c4ccccc4)c32)c1. The van der Waals surface area contributed by atoms with E-state index in [4.69, 9.17) is 0 Å². The second-order valence-electron chi connectivity index (χ2n) is 13.0. The van der Waals surface area contributed by atoms with Crippen LogP contribution in [0.2, 0.25) is 0 Å². The summed E-state index contributed by atoms with van der Waals surface area (Å²) in [6, 6.07) is 70.6. The molecule has 9 aromatic rings. The summed E-state index contributed by atoms with van der Waals surface area (Å²) in [5.74, 6) is 0. The molecule has 50 heavy (non-hydrogen) atoms. The molecule has 0 heterocycles. The van der Waals surface area contributed by atoms with Crippen molar-refractivity contribution >= 4 is 49.4 Å². The van der Waals surface area contributed by atoms with Crippen LogP contribution in [0.15, 0.2) is 194 Å². The lowest BCUT2D eigenvalue weighted by molar-refractivity contribution is 1.28. The Labute approximate surface area is 293 Å². The van der Waals surface area contributed by atoms with Gasteiger partial charge in [-0.05, 0) is 121 Å². The molecule has 0 N–H and O–H groups in total. The Balaban J connectivity index is 1.46. The first-order valence-electron chi connectivity index (χ1n) is 17.3. The van der Waals surface area contributed by atoms with Crippen molar-refractivity contribution in [1.29, 1.82) is 0 Å². The van der Waals surface area contributed by atoms with Gasteiger partial charge in [0.2, 0.25) is 0 Å². The molecule has 9 aromatic carbocycles. The van der Waals surface area contributed by atoms with Crippen molar-refractivity contribution in [2.75, 3.05) is 4.90 Å². The largest absolute Gasteiger partial charge is 0.310 e. The van der Waals surface area contributed by atoms with Crippen LogP contribution >= 0.6 is 0 Å². The molecule has 0 amide bonds. The van der Waals surface area contributed by atoms with Gasteiger partial charge in [0.15, 0.2) is 0 Å². The van der Waals surface area contributed by atoms with Gasteiger partial charge in [0.05, 0.1) is 0 Å². The minimum absolute atomic E-state index is 1.13. The standard InChI is InChI=1S/C49H35N/c1-34-17-16-26-39(31-34)50(38-24-12-5-13-25-38)40-29-30-43-46(32-40)41-27-14-15-28-42(41)48-45(36-20-8-3-9-21-36)33-44(35-18-6-2-7-19-35)47(49(43)48)37-22-10-4-11-23-37/h2-33H,1H3. The zero-order valence-corrected chi connectivity index (χ0v) is 27.9. The lowest BCUT2D eigenvalue weighted by Crippen LogP contribution is -2.10. The van der Waals surface area contributed by atoms with Crippen LogP contribution < -0.4 is 4.90 Å². The van der Waals surface area contributed by atoms with Crippen molar-refractivity contribution in [3.63, 3.8) is 0 Å². The van der Waals surface area contributed by atoms with Gasteiger partial charge in [0.1, 0.15) is 0 Å². The van der Waals surface area contributed by atoms with E-state index in [0.29, 0.717) is 0 Å². The predicted molar refractivity (Wildman–Crippen MR) is 215 cm³/mol. The topological polar surface area (TPSA) is 3.24 Å². The van der Waals surface area contributed by atoms with Gasteiger partial charge in [-0.2, -0.15) is 0 Å². The summed E-state index contributed by atoms with van der Waals surface area (Å²) in [7, 11) is 0. The molecule has 0 unspecified atom stereocenters. The van der Waals surface area contributed by atoms with E-state index in [9.17, 15) is 0 Å². The van der Waals surface area contributed by atoms with Crippen molar-refractivity contribution in [2.45, 2.75) is 6.92 Å². The molecule has 1 nitrogen and oxygen atoms in total. The average molecular weight is 638 g/mol. The van der Waals surface area contributed by atoms with Crippen LogP contribution in [-0.2, 0) is 0 Å². The number of anilines is 3. The van der Waals surface area contributed by atoms with Crippen LogP contribution in [0, 0.1) is 6.92 Å². The zero-order chi connectivity index (χ0) is 33.4. The van der Waals surface area contributed by atoms with Gasteiger partial charge in [0.25, 0.3) is 0 Å². The maximum Gasteiger partial charge on any atom is 0.0468 e. The lowest BCUT2D eigenvalue weighted by atomic mass is 9.81. The predicted octanol–water partition coefficient (Wildman–Crippen LogP) is 13.9. The molecule has 0 fully saturated rings. The fraction of sp³-hybridized carbons (Fsp3) is 0.0204. The zero-order valence-electron chi connectivity index (χ0n) is 27.9. The maximum atomic E-state index is 2.43. The van der Waals surface area contributed by atoms with Gasteiger partial charge in [-0.1, -0.05) is 152 Å². The van der Waals surface area contributed by atoms with E-state index in [1.165, 1.54) is 71.3 Å². The second-order valence-corrected chi connectivity index (χ2v) is 13.0. The first-order chi connectivity index (χ1) is 24.7. The molecule has 236 valence electrons. The highest BCUT2D eigenvalue weighted by atomic mass is 15.1. The molecule has 0 saturated heterocycles. The normalized spacial score (nSPS) is 11.3. The number of benzene rings is 9. The van der Waals surface area contributed by atoms with E-state index in [1.54, 1.807) is 0 Å². The number of hydrogen-bond donors (Lipinski definition) is 0. The van der Waals surface area contributed by atoms with Crippen molar-refractivity contribution in [2.24, 2.45) is 0 Å². The van der Waals surface area contributed by atoms with Crippen molar-refractivity contribution < 1.29 is 0 Å². The first-order valence-corrected chi connectivity index (χ1v) is 17.3. The summed E-state index contributed by atoms with van der Waals surface area (Å²) in [4.78, 5) is 2.37. The fourth-order valence-electron chi connectivity index (χ4n) is 7.67. The number of aryl methyl sites for hydroxylation is 1. The molecule has 0 saturated carbocycles. The van der Waals surface area contributed by atoms with E-state index in [-0.39, 0.29) is 0 Å². The fourth-order valence-corrected chi connectivity index (χ4v) is 7.67. The van der Waals surface area contributed by atoms with Gasteiger partial charge in [0, 0.05) is 17.1 Å². The monoisotopic (exact) mass is 637 g/mol. The molecule has 0 atom stereocenters. The molecular weight excluding hydrogens is 603 g/mol. The van der Waals surface area contributed by atoms with Crippen molar-refractivity contribution in [1.82, 2.24) is 0 Å². The molecule has 0 spiro atoms. The number of fused-ring (bicyclic) bond motifs is 6. The summed E-state index contributed by atoms with van der Waals surface area (Å²) < 4.78 is 0. The summed E-state index contributed by atoms with van der Waals surface area (Å²) in [5.41, 5.74) is 12.0. The summed E-state index contributed by atoms with van der Waals surface area (Å²) in [6.45, 7) is 2.16. The third-order valence-electron chi connectivity index (χ3n) is 9.85. The van der Waals surface area contributed by atoms with Gasteiger partial charge < -0.3 is 4.90 Å². The van der Waals surface area contributed by atoms with E-state index < -0.39 is 0 Å². The molecule has 0 aliphatic carbocycles. The van der Waals surface area contributed by atoms with E-state index in [2.05, 4.69) is 206 Å². The average Bonchev–Trinajstić information content (AvgIpc) is 3.19. The van der Waals surface area contributed by atoms with Gasteiger partial charge in [-0.3, -0.25) is 0 Å². The smallest absolute Gasteiger partial charge is 0.0468 e. The highest BCUT2D eigenvalue weighted by Gasteiger charge is 2.22. The first kappa shape index (κ1) is 29.7. The summed E-state index contributed by atoms with van der Waals surface area (Å²) in [6.07, 6.45) is 0. The lowest BCUT2D eigenvalue weighted by Gasteiger charge is -2.27. The third kappa shape index (κ3) is 5.12. The Kier molecular flexibility index (Phi) is 7.44. The third-order valence-corrected chi connectivity index (χ3v) is 9.85. The van der Waals surface area contributed by atoms with E-state index in [1.807, 2.05) is 0 Å². The van der Waals surface area contributed by atoms with Crippen LogP contribution in [0.5, 0.6) is 0 Å². The van der Waals surface area contributed by atoms with Crippen LogP contribution in [0.3, 0.4) is 0 Å². The van der Waals surface area contributed by atoms with Crippen LogP contribution in [0.25, 0.3) is 65.7 Å². The quantitative estimate of drug-likeness (QED) is 0.164. The number of nitrogens with zero attached hydrogens (tertiary/aromatic N) is 1. The van der Waals surface area contributed by atoms with Crippen LogP contribution in [-0.4, -0.2) is 0 Å². The number of para-hydroxylation sites is 1. The highest BCUT2D eigenvalue weighted by molar-refractivity contribution is 6.33. The Morgan fingerprint density at radius 2 is 0.840 bits per heavy atom. The molecule has 0 aliphatic heterocycles. The highest BCUT2D eigenvalue weighted by Crippen LogP contribution is 2.50. The molecule has 0 radical (unpaired) electrons. The van der Waals surface area contributed by atoms with E-state index >= 15 is 0 Å².